The summed E-state index contributed by atoms with van der Waals surface area (Å²) >= 11 is 0. The molecule has 1 aliphatic carbocycles. The van der Waals surface area contributed by atoms with E-state index in [4.69, 9.17) is 9.73 Å². The Hall–Kier alpha value is -2.41. The average molecular weight is 383 g/mol. The molecule has 5 rings (SSSR count). The van der Waals surface area contributed by atoms with Crippen molar-refractivity contribution in [1.29, 1.82) is 0 Å². The van der Waals surface area contributed by atoms with Crippen LogP contribution in [0.5, 0.6) is 5.75 Å². The highest BCUT2D eigenvalue weighted by atomic mass is 16.5. The summed E-state index contributed by atoms with van der Waals surface area (Å²) in [6.07, 6.45) is 4.66. The van der Waals surface area contributed by atoms with E-state index in [1.54, 1.807) is 4.90 Å². The van der Waals surface area contributed by atoms with E-state index in [9.17, 15) is 14.7 Å². The van der Waals surface area contributed by atoms with Gasteiger partial charge in [0, 0.05) is 17.7 Å². The van der Waals surface area contributed by atoms with Crippen molar-refractivity contribution in [2.75, 3.05) is 19.8 Å². The number of aliphatic hydroxyl groups excluding tert-OH is 1. The van der Waals surface area contributed by atoms with Crippen molar-refractivity contribution in [1.82, 2.24) is 10.2 Å². The highest BCUT2D eigenvalue weighted by Crippen LogP contribution is 2.45. The van der Waals surface area contributed by atoms with E-state index in [1.807, 2.05) is 18.2 Å². The Labute approximate surface area is 163 Å². The van der Waals surface area contributed by atoms with Crippen LogP contribution in [-0.4, -0.2) is 59.4 Å². The monoisotopic (exact) mass is 383 g/mol. The highest BCUT2D eigenvalue weighted by Gasteiger charge is 2.50. The normalized spacial score (nSPS) is 31.1. The van der Waals surface area contributed by atoms with Gasteiger partial charge in [0.05, 0.1) is 31.3 Å². The van der Waals surface area contributed by atoms with Crippen LogP contribution in [0.1, 0.15) is 42.9 Å². The zero-order valence-corrected chi connectivity index (χ0v) is 15.8. The van der Waals surface area contributed by atoms with Crippen molar-refractivity contribution in [2.24, 2.45) is 10.9 Å². The maximum Gasteiger partial charge on any atom is 0.249 e. The molecule has 2 fully saturated rings. The first-order valence-electron chi connectivity index (χ1n) is 10.2. The Bertz CT molecular complexity index is 852. The quantitative estimate of drug-likeness (QED) is 0.797. The van der Waals surface area contributed by atoms with Crippen molar-refractivity contribution in [3.8, 4) is 5.75 Å². The molecule has 0 bridgehead atoms. The van der Waals surface area contributed by atoms with Gasteiger partial charge in [-0.15, -0.1) is 0 Å². The molecule has 0 radical (unpaired) electrons. The molecule has 7 heteroatoms. The first-order chi connectivity index (χ1) is 13.7. The predicted molar refractivity (Wildman–Crippen MR) is 102 cm³/mol. The SMILES string of the molecule is O=C1NCC2=N[C@@H]3CCCC[C@H]3N(C(=O)CO)[C@H](c3cccc4c3OCC4)C12. The minimum Gasteiger partial charge on any atom is -0.493 e. The number of nitrogens with one attached hydrogen (secondary N) is 1. The molecule has 1 saturated carbocycles. The summed E-state index contributed by atoms with van der Waals surface area (Å²) in [6, 6.07) is 5.35. The van der Waals surface area contributed by atoms with E-state index < -0.39 is 18.6 Å². The lowest BCUT2D eigenvalue weighted by atomic mass is 9.84. The lowest BCUT2D eigenvalue weighted by molar-refractivity contribution is -0.142. The average Bonchev–Trinajstić information content (AvgIpc) is 3.30. The predicted octanol–water partition coefficient (Wildman–Crippen LogP) is 0.995. The molecule has 1 aromatic carbocycles. The Morgan fingerprint density at radius 2 is 2.18 bits per heavy atom. The molecule has 7 nitrogen and oxygen atoms in total. The molecule has 1 saturated heterocycles. The Morgan fingerprint density at radius 1 is 1.32 bits per heavy atom. The molecular formula is C21H25N3O4. The smallest absolute Gasteiger partial charge is 0.249 e. The number of aliphatic imine (C=N–C) groups is 1. The lowest BCUT2D eigenvalue weighted by Gasteiger charge is -2.42. The van der Waals surface area contributed by atoms with Gasteiger partial charge in [-0.2, -0.15) is 0 Å². The topological polar surface area (TPSA) is 91.2 Å². The van der Waals surface area contributed by atoms with E-state index in [0.29, 0.717) is 13.2 Å². The van der Waals surface area contributed by atoms with Gasteiger partial charge in [-0.05, 0) is 18.4 Å². The van der Waals surface area contributed by atoms with Crippen LogP contribution < -0.4 is 10.1 Å². The zero-order valence-electron chi connectivity index (χ0n) is 15.8. The van der Waals surface area contributed by atoms with E-state index in [0.717, 1.165) is 54.7 Å². The molecule has 0 aromatic heterocycles. The third kappa shape index (κ3) is 2.64. The summed E-state index contributed by atoms with van der Waals surface area (Å²) in [6.45, 7) is 0.469. The maximum atomic E-state index is 13.0. The van der Waals surface area contributed by atoms with E-state index in [2.05, 4.69) is 5.32 Å². The molecule has 28 heavy (non-hydrogen) atoms. The number of para-hydroxylation sites is 1. The van der Waals surface area contributed by atoms with E-state index >= 15 is 0 Å². The van der Waals surface area contributed by atoms with Crippen LogP contribution in [0.3, 0.4) is 0 Å². The van der Waals surface area contributed by atoms with Crippen LogP contribution in [0.2, 0.25) is 0 Å². The van der Waals surface area contributed by atoms with Crippen LogP contribution in [-0.2, 0) is 16.0 Å². The molecule has 4 aliphatic rings. The summed E-state index contributed by atoms with van der Waals surface area (Å²) in [7, 11) is 0. The fraction of sp³-hybridized carbons (Fsp3) is 0.571. The van der Waals surface area contributed by atoms with Gasteiger partial charge >= 0.3 is 0 Å². The second kappa shape index (κ2) is 6.88. The highest BCUT2D eigenvalue weighted by molar-refractivity contribution is 6.12. The Kier molecular flexibility index (Phi) is 4.34. The van der Waals surface area contributed by atoms with Gasteiger partial charge in [-0.25, -0.2) is 0 Å². The number of benzene rings is 1. The first kappa shape index (κ1) is 17.7. The number of aliphatic hydroxyl groups is 1. The number of hydrogen-bond acceptors (Lipinski definition) is 5. The number of fused-ring (bicyclic) bond motifs is 3. The fourth-order valence-electron chi connectivity index (χ4n) is 5.37. The maximum absolute atomic E-state index is 13.0. The van der Waals surface area contributed by atoms with Gasteiger partial charge in [0.25, 0.3) is 0 Å². The molecule has 1 unspecified atom stereocenters. The second-order valence-corrected chi connectivity index (χ2v) is 8.07. The fourth-order valence-corrected chi connectivity index (χ4v) is 5.37. The van der Waals surface area contributed by atoms with Gasteiger partial charge in [-0.1, -0.05) is 31.0 Å². The first-order valence-corrected chi connectivity index (χ1v) is 10.2. The lowest BCUT2D eigenvalue weighted by Crippen LogP contribution is -2.51. The van der Waals surface area contributed by atoms with Crippen molar-refractivity contribution < 1.29 is 19.4 Å². The van der Waals surface area contributed by atoms with Crippen LogP contribution in [0.4, 0.5) is 0 Å². The molecular weight excluding hydrogens is 358 g/mol. The zero-order chi connectivity index (χ0) is 19.3. The Balaban J connectivity index is 1.70. The summed E-state index contributed by atoms with van der Waals surface area (Å²) in [4.78, 5) is 32.6. The number of nitrogens with zero attached hydrogens (tertiary/aromatic N) is 2. The summed E-state index contributed by atoms with van der Waals surface area (Å²) in [5.74, 6) is -0.185. The van der Waals surface area contributed by atoms with Crippen molar-refractivity contribution >= 4 is 17.5 Å². The summed E-state index contributed by atoms with van der Waals surface area (Å²) < 4.78 is 5.93. The summed E-state index contributed by atoms with van der Waals surface area (Å²) in [5.41, 5.74) is 2.80. The third-order valence-corrected chi connectivity index (χ3v) is 6.57. The van der Waals surface area contributed by atoms with Crippen molar-refractivity contribution in [2.45, 2.75) is 50.2 Å². The van der Waals surface area contributed by atoms with E-state index in [1.165, 1.54) is 0 Å². The van der Waals surface area contributed by atoms with Crippen LogP contribution in [0.25, 0.3) is 0 Å². The molecule has 0 spiro atoms. The molecule has 1 aromatic rings. The van der Waals surface area contributed by atoms with Crippen molar-refractivity contribution in [3.63, 3.8) is 0 Å². The third-order valence-electron chi connectivity index (χ3n) is 6.57. The second-order valence-electron chi connectivity index (χ2n) is 8.07. The van der Waals surface area contributed by atoms with E-state index in [-0.39, 0.29) is 23.9 Å². The van der Waals surface area contributed by atoms with Gasteiger partial charge in [0.2, 0.25) is 11.8 Å². The number of amides is 2. The number of carbonyl (C=O) groups is 2. The molecule has 2 amide bonds. The minimum absolute atomic E-state index is 0.0165. The largest absolute Gasteiger partial charge is 0.493 e. The van der Waals surface area contributed by atoms with Crippen LogP contribution in [0.15, 0.2) is 23.2 Å². The van der Waals surface area contributed by atoms with Crippen molar-refractivity contribution in [3.05, 3.63) is 29.3 Å². The molecule has 3 heterocycles. The number of hydrogen-bond donors (Lipinski definition) is 2. The number of carbonyl (C=O) groups excluding carboxylic acids is 2. The molecule has 2 N–H and O–H groups in total. The number of rotatable bonds is 2. The van der Waals surface area contributed by atoms with Gasteiger partial charge in [0.1, 0.15) is 18.3 Å². The standard InChI is InChI=1S/C21H25N3O4/c25-11-17(26)24-16-7-2-1-6-14(16)23-15-10-22-21(27)18(15)19(24)13-5-3-4-12-8-9-28-20(12)13/h3-5,14,16,18-19,25H,1-2,6-11H2,(H,22,27)/t14-,16-,18?,19-/m1/s1. The van der Waals surface area contributed by atoms with Crippen LogP contribution >= 0.6 is 0 Å². The van der Waals surface area contributed by atoms with Gasteiger partial charge in [0.15, 0.2) is 0 Å². The summed E-state index contributed by atoms with van der Waals surface area (Å²) in [5, 5.41) is 12.7. The van der Waals surface area contributed by atoms with Crippen LogP contribution in [0, 0.1) is 5.92 Å². The Morgan fingerprint density at radius 3 is 3.04 bits per heavy atom. The molecule has 4 atom stereocenters. The molecule has 148 valence electrons. The molecule has 3 aliphatic heterocycles. The number of ether oxygens (including phenoxy) is 1. The van der Waals surface area contributed by atoms with Gasteiger partial charge < -0.3 is 20.1 Å². The minimum atomic E-state index is -0.570. The van der Waals surface area contributed by atoms with Gasteiger partial charge in [-0.3, -0.25) is 14.6 Å².